The Bertz CT molecular complexity index is 1040. The highest BCUT2D eigenvalue weighted by molar-refractivity contribution is 9.11. The van der Waals surface area contributed by atoms with Crippen LogP contribution in [0, 0.1) is 0 Å². The number of carbonyl (C=O) groups excluding carboxylic acids is 3. The summed E-state index contributed by atoms with van der Waals surface area (Å²) in [7, 11) is 0. The van der Waals surface area contributed by atoms with Crippen molar-refractivity contribution in [1.82, 2.24) is 0 Å². The van der Waals surface area contributed by atoms with Gasteiger partial charge in [0.05, 0.1) is 8.95 Å². The van der Waals surface area contributed by atoms with Gasteiger partial charge in [-0.1, -0.05) is 12.1 Å². The van der Waals surface area contributed by atoms with Gasteiger partial charge in [0.2, 0.25) is 0 Å². The van der Waals surface area contributed by atoms with Crippen LogP contribution in [0.15, 0.2) is 57.2 Å². The first-order valence-corrected chi connectivity index (χ1v) is 9.93. The number of hydrogen-bond acceptors (Lipinski definition) is 6. The van der Waals surface area contributed by atoms with Crippen molar-refractivity contribution in [3.05, 3.63) is 68.3 Å². The van der Waals surface area contributed by atoms with E-state index in [0.29, 0.717) is 37.3 Å². The van der Waals surface area contributed by atoms with E-state index in [2.05, 4.69) is 31.9 Å². The second-order valence-electron chi connectivity index (χ2n) is 6.01. The maximum absolute atomic E-state index is 11.9. The molecule has 2 aromatic rings. The zero-order valence-electron chi connectivity index (χ0n) is 15.3. The third kappa shape index (κ3) is 5.21. The van der Waals surface area contributed by atoms with Gasteiger partial charge in [-0.25, -0.2) is 4.79 Å². The van der Waals surface area contributed by atoms with Gasteiger partial charge < -0.3 is 14.2 Å². The predicted octanol–water partition coefficient (Wildman–Crippen LogP) is 5.04. The molecule has 0 spiro atoms. The van der Waals surface area contributed by atoms with Crippen LogP contribution < -0.4 is 9.47 Å². The van der Waals surface area contributed by atoms with E-state index in [1.165, 1.54) is 19.9 Å². The van der Waals surface area contributed by atoms with Crippen molar-refractivity contribution >= 4 is 61.4 Å². The van der Waals surface area contributed by atoms with Crippen LogP contribution in [-0.2, 0) is 19.1 Å². The molecule has 0 atom stereocenters. The zero-order chi connectivity index (χ0) is 21.1. The fourth-order valence-corrected chi connectivity index (χ4v) is 3.97. The number of ether oxygens (including phenoxy) is 3. The largest absolute Gasteiger partial charge is 0.427 e. The highest BCUT2D eigenvalue weighted by Crippen LogP contribution is 2.40. The average molecular weight is 522 g/mol. The van der Waals surface area contributed by atoms with Crippen LogP contribution >= 0.6 is 31.9 Å². The summed E-state index contributed by atoms with van der Waals surface area (Å²) in [5.74, 6) is -0.199. The maximum atomic E-state index is 11.9. The Kier molecular flexibility index (Phi) is 6.34. The van der Waals surface area contributed by atoms with E-state index >= 15 is 0 Å². The summed E-state index contributed by atoms with van der Waals surface area (Å²) in [5.41, 5.74) is 2.02. The molecule has 6 nitrogen and oxygen atoms in total. The van der Waals surface area contributed by atoms with Crippen LogP contribution in [0.1, 0.15) is 25.0 Å². The summed E-state index contributed by atoms with van der Waals surface area (Å²) >= 11 is 6.76. The zero-order valence-corrected chi connectivity index (χ0v) is 18.5. The predicted molar refractivity (Wildman–Crippen MR) is 113 cm³/mol. The Balaban J connectivity index is 1.93. The molecule has 0 aliphatic carbocycles. The Morgan fingerprint density at radius 2 is 1.55 bits per heavy atom. The quantitative estimate of drug-likeness (QED) is 0.414. The fourth-order valence-electron chi connectivity index (χ4n) is 2.62. The van der Waals surface area contributed by atoms with Gasteiger partial charge in [-0.2, -0.15) is 0 Å². The number of carbonyl (C=O) groups is 3. The highest BCUT2D eigenvalue weighted by Gasteiger charge is 2.23. The molecule has 0 bridgehead atoms. The molecule has 0 aromatic heterocycles. The molecule has 1 heterocycles. The molecule has 0 fully saturated rings. The van der Waals surface area contributed by atoms with E-state index in [0.717, 1.165) is 5.56 Å². The van der Waals surface area contributed by atoms with Crippen molar-refractivity contribution in [2.75, 3.05) is 0 Å². The lowest BCUT2D eigenvalue weighted by Gasteiger charge is -2.11. The Morgan fingerprint density at radius 1 is 0.966 bits per heavy atom. The van der Waals surface area contributed by atoms with E-state index in [1.807, 2.05) is 0 Å². The standard InChI is InChI=1S/C21H14Br2O6/c1-11(24)27-15-5-3-13(4-6-15)7-19-16(10-20(26)29-19)14-8-17(22)21(18(23)9-14)28-12(2)25/h3-10H,1-2H3/b19-7-. The topological polar surface area (TPSA) is 78.9 Å². The minimum atomic E-state index is -0.487. The summed E-state index contributed by atoms with van der Waals surface area (Å²) in [4.78, 5) is 34.2. The first-order chi connectivity index (χ1) is 13.7. The van der Waals surface area contributed by atoms with Crippen LogP contribution in [0.4, 0.5) is 0 Å². The van der Waals surface area contributed by atoms with E-state index in [9.17, 15) is 14.4 Å². The first kappa shape index (κ1) is 21.0. The normalized spacial score (nSPS) is 14.4. The molecule has 0 radical (unpaired) electrons. The lowest BCUT2D eigenvalue weighted by atomic mass is 10.0. The molecule has 148 valence electrons. The number of hydrogen-bond donors (Lipinski definition) is 0. The van der Waals surface area contributed by atoms with Crippen molar-refractivity contribution in [2.24, 2.45) is 0 Å². The number of allylic oxidation sites excluding steroid dienone is 1. The summed E-state index contributed by atoms with van der Waals surface area (Å²) in [6.45, 7) is 2.64. The molecule has 1 aliphatic rings. The Morgan fingerprint density at radius 3 is 2.10 bits per heavy atom. The molecule has 0 unspecified atom stereocenters. The molecule has 2 aromatic carbocycles. The van der Waals surface area contributed by atoms with Gasteiger partial charge in [0.15, 0.2) is 5.75 Å². The van der Waals surface area contributed by atoms with E-state index < -0.39 is 17.9 Å². The summed E-state index contributed by atoms with van der Waals surface area (Å²) in [6, 6.07) is 10.2. The Hall–Kier alpha value is -2.71. The molecular weight excluding hydrogens is 508 g/mol. The molecule has 0 N–H and O–H groups in total. The lowest BCUT2D eigenvalue weighted by Crippen LogP contribution is -2.03. The van der Waals surface area contributed by atoms with Gasteiger partial charge in [0.25, 0.3) is 0 Å². The molecule has 0 saturated heterocycles. The maximum Gasteiger partial charge on any atom is 0.336 e. The van der Waals surface area contributed by atoms with Crippen LogP contribution in [0.25, 0.3) is 11.6 Å². The van der Waals surface area contributed by atoms with Gasteiger partial charge in [0.1, 0.15) is 11.5 Å². The molecule has 29 heavy (non-hydrogen) atoms. The van der Waals surface area contributed by atoms with Crippen molar-refractivity contribution in [3.63, 3.8) is 0 Å². The minimum absolute atomic E-state index is 0.346. The van der Waals surface area contributed by atoms with Crippen molar-refractivity contribution < 1.29 is 28.6 Å². The lowest BCUT2D eigenvalue weighted by molar-refractivity contribution is -0.132. The summed E-state index contributed by atoms with van der Waals surface area (Å²) < 4.78 is 16.6. The van der Waals surface area contributed by atoms with Gasteiger partial charge in [-0.3, -0.25) is 9.59 Å². The van der Waals surface area contributed by atoms with Gasteiger partial charge in [-0.05, 0) is 73.3 Å². The van der Waals surface area contributed by atoms with Crippen molar-refractivity contribution in [2.45, 2.75) is 13.8 Å². The molecular formula is C21H14Br2O6. The molecule has 0 saturated carbocycles. The van der Waals surface area contributed by atoms with Gasteiger partial charge >= 0.3 is 17.9 Å². The molecule has 8 heteroatoms. The van der Waals surface area contributed by atoms with Crippen molar-refractivity contribution in [3.8, 4) is 11.5 Å². The smallest absolute Gasteiger partial charge is 0.336 e. The first-order valence-electron chi connectivity index (χ1n) is 8.35. The molecule has 0 amide bonds. The van der Waals surface area contributed by atoms with E-state index in [-0.39, 0.29) is 0 Å². The number of esters is 3. The minimum Gasteiger partial charge on any atom is -0.427 e. The van der Waals surface area contributed by atoms with Crippen molar-refractivity contribution in [1.29, 1.82) is 0 Å². The molecule has 3 rings (SSSR count). The van der Waals surface area contributed by atoms with Crippen LogP contribution in [0.5, 0.6) is 11.5 Å². The number of cyclic esters (lactones) is 1. The third-order valence-corrected chi connectivity index (χ3v) is 4.91. The second-order valence-corrected chi connectivity index (χ2v) is 7.72. The monoisotopic (exact) mass is 520 g/mol. The fraction of sp³-hybridized carbons (Fsp3) is 0.0952. The van der Waals surface area contributed by atoms with Crippen LogP contribution in [0.3, 0.4) is 0 Å². The SMILES string of the molecule is CC(=O)Oc1ccc(/C=C2\OC(=O)C=C2c2cc(Br)c(OC(C)=O)c(Br)c2)cc1. The number of rotatable bonds is 4. The van der Waals surface area contributed by atoms with Gasteiger partial charge in [0, 0.05) is 25.5 Å². The van der Waals surface area contributed by atoms with Crippen LogP contribution in [-0.4, -0.2) is 17.9 Å². The highest BCUT2D eigenvalue weighted by atomic mass is 79.9. The van der Waals surface area contributed by atoms with E-state index in [1.54, 1.807) is 42.5 Å². The average Bonchev–Trinajstić information content (AvgIpc) is 2.99. The summed E-state index contributed by atoms with van der Waals surface area (Å²) in [5, 5.41) is 0. The van der Waals surface area contributed by atoms with Gasteiger partial charge in [-0.15, -0.1) is 0 Å². The molecule has 1 aliphatic heterocycles. The number of halogens is 2. The van der Waals surface area contributed by atoms with E-state index in [4.69, 9.17) is 14.2 Å². The third-order valence-electron chi connectivity index (χ3n) is 3.73. The Labute approximate surface area is 183 Å². The van der Waals surface area contributed by atoms with Crippen LogP contribution in [0.2, 0.25) is 0 Å². The number of benzene rings is 2. The second kappa shape index (κ2) is 8.75. The summed E-state index contributed by atoms with van der Waals surface area (Å²) in [6.07, 6.45) is 3.09.